The SMILES string of the molecule is O=[N+]([O-])Oc1cccnc1Sc1ccccn1. The molecule has 0 amide bonds. The normalized spacial score (nSPS) is 9.88. The molecular weight excluding hydrogens is 242 g/mol. The van der Waals surface area contributed by atoms with Gasteiger partial charge in [0, 0.05) is 12.4 Å². The summed E-state index contributed by atoms with van der Waals surface area (Å²) >= 11 is 1.20. The number of pyridine rings is 2. The molecule has 0 atom stereocenters. The van der Waals surface area contributed by atoms with Crippen molar-refractivity contribution in [1.82, 2.24) is 9.97 Å². The molecule has 0 N–H and O–H groups in total. The molecule has 2 aromatic rings. The van der Waals surface area contributed by atoms with Gasteiger partial charge in [-0.05, 0) is 36.0 Å². The van der Waals surface area contributed by atoms with Crippen LogP contribution in [0.5, 0.6) is 5.75 Å². The second-order valence-electron chi connectivity index (χ2n) is 2.89. The van der Waals surface area contributed by atoms with E-state index in [0.717, 1.165) is 0 Å². The van der Waals surface area contributed by atoms with Gasteiger partial charge in [-0.25, -0.2) is 9.97 Å². The fourth-order valence-electron chi connectivity index (χ4n) is 1.11. The number of hydrogen-bond donors (Lipinski definition) is 0. The van der Waals surface area contributed by atoms with Gasteiger partial charge in [0.25, 0.3) is 5.09 Å². The third kappa shape index (κ3) is 3.15. The first kappa shape index (κ1) is 11.3. The van der Waals surface area contributed by atoms with Crippen molar-refractivity contribution < 1.29 is 9.92 Å². The van der Waals surface area contributed by atoms with Crippen LogP contribution in [0.15, 0.2) is 52.8 Å². The highest BCUT2D eigenvalue weighted by molar-refractivity contribution is 7.99. The van der Waals surface area contributed by atoms with E-state index in [-0.39, 0.29) is 5.75 Å². The first-order chi connectivity index (χ1) is 8.25. The molecule has 0 saturated carbocycles. The molecule has 0 aromatic carbocycles. The van der Waals surface area contributed by atoms with Crippen LogP contribution in [-0.2, 0) is 0 Å². The molecule has 0 saturated heterocycles. The zero-order chi connectivity index (χ0) is 12.1. The van der Waals surface area contributed by atoms with Crippen LogP contribution in [0, 0.1) is 10.1 Å². The molecule has 0 radical (unpaired) electrons. The summed E-state index contributed by atoms with van der Waals surface area (Å²) in [5, 5.41) is 10.5. The molecule has 2 heterocycles. The maximum Gasteiger partial charge on any atom is 0.299 e. The minimum Gasteiger partial charge on any atom is -0.273 e. The van der Waals surface area contributed by atoms with Crippen LogP contribution in [0.4, 0.5) is 0 Å². The molecule has 0 spiro atoms. The zero-order valence-electron chi connectivity index (χ0n) is 8.52. The van der Waals surface area contributed by atoms with Crippen LogP contribution < -0.4 is 4.84 Å². The molecule has 0 fully saturated rings. The summed E-state index contributed by atoms with van der Waals surface area (Å²) in [5.41, 5.74) is 0. The average molecular weight is 249 g/mol. The lowest BCUT2D eigenvalue weighted by Gasteiger charge is -2.04. The molecule has 0 unspecified atom stereocenters. The van der Waals surface area contributed by atoms with Gasteiger partial charge < -0.3 is 0 Å². The Labute approximate surface area is 101 Å². The molecule has 0 aliphatic rings. The first-order valence-electron chi connectivity index (χ1n) is 4.62. The molecule has 6 nitrogen and oxygen atoms in total. The summed E-state index contributed by atoms with van der Waals surface area (Å²) < 4.78 is 0. The van der Waals surface area contributed by atoms with Gasteiger partial charge in [-0.15, -0.1) is 10.1 Å². The maximum atomic E-state index is 10.3. The summed E-state index contributed by atoms with van der Waals surface area (Å²) in [6.45, 7) is 0. The van der Waals surface area contributed by atoms with E-state index in [1.807, 2.05) is 6.07 Å². The highest BCUT2D eigenvalue weighted by Crippen LogP contribution is 2.31. The fraction of sp³-hybridized carbons (Fsp3) is 0. The van der Waals surface area contributed by atoms with Crippen molar-refractivity contribution in [2.24, 2.45) is 0 Å². The smallest absolute Gasteiger partial charge is 0.273 e. The summed E-state index contributed by atoms with van der Waals surface area (Å²) in [6.07, 6.45) is 3.18. The van der Waals surface area contributed by atoms with E-state index < -0.39 is 5.09 Å². The van der Waals surface area contributed by atoms with E-state index in [4.69, 9.17) is 0 Å². The predicted octanol–water partition coefficient (Wildman–Crippen LogP) is 2.20. The predicted molar refractivity (Wildman–Crippen MR) is 60.2 cm³/mol. The Hall–Kier alpha value is -2.15. The van der Waals surface area contributed by atoms with Crippen molar-refractivity contribution in [2.45, 2.75) is 10.1 Å². The van der Waals surface area contributed by atoms with E-state index >= 15 is 0 Å². The monoisotopic (exact) mass is 249 g/mol. The summed E-state index contributed by atoms with van der Waals surface area (Å²) in [6, 6.07) is 8.46. The molecule has 17 heavy (non-hydrogen) atoms. The van der Waals surface area contributed by atoms with Gasteiger partial charge in [0.05, 0.1) is 0 Å². The lowest BCUT2D eigenvalue weighted by molar-refractivity contribution is -0.711. The number of hydrogen-bond acceptors (Lipinski definition) is 6. The Morgan fingerprint density at radius 2 is 2.00 bits per heavy atom. The molecule has 0 aliphatic heterocycles. The second kappa shape index (κ2) is 5.26. The van der Waals surface area contributed by atoms with Gasteiger partial charge in [-0.3, -0.25) is 4.84 Å². The van der Waals surface area contributed by atoms with E-state index in [1.54, 1.807) is 24.4 Å². The molecule has 0 aliphatic carbocycles. The van der Waals surface area contributed by atoms with Crippen LogP contribution in [-0.4, -0.2) is 15.1 Å². The third-order valence-electron chi connectivity index (χ3n) is 1.75. The Balaban J connectivity index is 2.23. The van der Waals surface area contributed by atoms with Crippen molar-refractivity contribution in [3.8, 4) is 5.75 Å². The first-order valence-corrected chi connectivity index (χ1v) is 5.43. The molecule has 86 valence electrons. The molecular formula is C10H7N3O3S. The van der Waals surface area contributed by atoms with E-state index in [1.165, 1.54) is 24.0 Å². The number of nitrogens with zero attached hydrogens (tertiary/aromatic N) is 3. The standard InChI is InChI=1S/C10H7N3O3S/c14-13(15)16-8-4-3-7-12-10(8)17-9-5-1-2-6-11-9/h1-7H. The Morgan fingerprint density at radius 1 is 1.18 bits per heavy atom. The Bertz CT molecular complexity index is 521. The van der Waals surface area contributed by atoms with E-state index in [9.17, 15) is 10.1 Å². The fourth-order valence-corrected chi connectivity index (χ4v) is 1.89. The van der Waals surface area contributed by atoms with Crippen molar-refractivity contribution in [2.75, 3.05) is 0 Å². The van der Waals surface area contributed by atoms with Gasteiger partial charge in [0.2, 0.25) is 0 Å². The highest BCUT2D eigenvalue weighted by atomic mass is 32.2. The third-order valence-corrected chi connectivity index (χ3v) is 2.70. The van der Waals surface area contributed by atoms with Crippen LogP contribution in [0.1, 0.15) is 0 Å². The van der Waals surface area contributed by atoms with E-state index in [2.05, 4.69) is 14.8 Å². The average Bonchev–Trinajstić information content (AvgIpc) is 2.32. The van der Waals surface area contributed by atoms with Crippen LogP contribution >= 0.6 is 11.8 Å². The molecule has 0 bridgehead atoms. The van der Waals surface area contributed by atoms with Crippen molar-refractivity contribution >= 4 is 11.8 Å². The summed E-state index contributed by atoms with van der Waals surface area (Å²) in [7, 11) is 0. The van der Waals surface area contributed by atoms with Crippen LogP contribution in [0.25, 0.3) is 0 Å². The van der Waals surface area contributed by atoms with Gasteiger partial charge in [-0.2, -0.15) is 0 Å². The second-order valence-corrected chi connectivity index (χ2v) is 3.90. The largest absolute Gasteiger partial charge is 0.299 e. The summed E-state index contributed by atoms with van der Waals surface area (Å²) in [4.78, 5) is 22.8. The minimum atomic E-state index is -0.862. The highest BCUT2D eigenvalue weighted by Gasteiger charge is 2.09. The Morgan fingerprint density at radius 3 is 2.71 bits per heavy atom. The molecule has 7 heteroatoms. The lowest BCUT2D eigenvalue weighted by Crippen LogP contribution is -2.04. The topological polar surface area (TPSA) is 78.2 Å². The molecule has 2 rings (SSSR count). The maximum absolute atomic E-state index is 10.3. The summed E-state index contributed by atoms with van der Waals surface area (Å²) in [5.74, 6) is 0.105. The van der Waals surface area contributed by atoms with Gasteiger partial charge in [0.15, 0.2) is 5.75 Å². The minimum absolute atomic E-state index is 0.105. The van der Waals surface area contributed by atoms with Gasteiger partial charge in [0.1, 0.15) is 10.1 Å². The zero-order valence-corrected chi connectivity index (χ0v) is 9.33. The van der Waals surface area contributed by atoms with Gasteiger partial charge in [-0.1, -0.05) is 6.07 Å². The van der Waals surface area contributed by atoms with Crippen molar-refractivity contribution in [3.63, 3.8) is 0 Å². The number of rotatable bonds is 4. The molecule has 2 aromatic heterocycles. The number of aromatic nitrogens is 2. The van der Waals surface area contributed by atoms with Crippen LogP contribution in [0.2, 0.25) is 0 Å². The van der Waals surface area contributed by atoms with Crippen molar-refractivity contribution in [3.05, 3.63) is 52.8 Å². The lowest BCUT2D eigenvalue weighted by atomic mass is 10.5. The quantitative estimate of drug-likeness (QED) is 0.610. The van der Waals surface area contributed by atoms with E-state index in [0.29, 0.717) is 10.1 Å². The van der Waals surface area contributed by atoms with Crippen molar-refractivity contribution in [1.29, 1.82) is 0 Å². The Kier molecular flexibility index (Phi) is 3.51. The van der Waals surface area contributed by atoms with Gasteiger partial charge >= 0.3 is 0 Å². The van der Waals surface area contributed by atoms with Crippen LogP contribution in [0.3, 0.4) is 0 Å².